The van der Waals surface area contributed by atoms with Gasteiger partial charge in [0.25, 0.3) is 0 Å². The second kappa shape index (κ2) is 8.22. The summed E-state index contributed by atoms with van der Waals surface area (Å²) in [6, 6.07) is 0.0944. The van der Waals surface area contributed by atoms with Crippen LogP contribution in [0.15, 0.2) is 5.16 Å². The summed E-state index contributed by atoms with van der Waals surface area (Å²) in [5.74, 6) is -0.723. The van der Waals surface area contributed by atoms with Gasteiger partial charge in [0.1, 0.15) is 0 Å². The number of hydrogen-bond donors (Lipinski definition) is 3. The molecule has 1 heterocycles. The third-order valence-corrected chi connectivity index (χ3v) is 4.49. The van der Waals surface area contributed by atoms with Gasteiger partial charge in [0.05, 0.1) is 11.5 Å². The molecule has 0 radical (unpaired) electrons. The van der Waals surface area contributed by atoms with E-state index in [0.29, 0.717) is 13.0 Å². The van der Waals surface area contributed by atoms with E-state index in [1.807, 2.05) is 6.92 Å². The molecule has 6 nitrogen and oxygen atoms in total. The van der Waals surface area contributed by atoms with Gasteiger partial charge in [-0.2, -0.15) is 0 Å². The van der Waals surface area contributed by atoms with E-state index in [9.17, 15) is 4.79 Å². The zero-order chi connectivity index (χ0) is 15.9. The highest BCUT2D eigenvalue weighted by molar-refractivity contribution is 6.02. The highest BCUT2D eigenvalue weighted by atomic mass is 16.5. The summed E-state index contributed by atoms with van der Waals surface area (Å²) < 4.78 is 5.91. The third-order valence-electron chi connectivity index (χ3n) is 4.49. The van der Waals surface area contributed by atoms with Crippen LogP contribution in [0.1, 0.15) is 59.3 Å². The Morgan fingerprint density at radius 3 is 2.67 bits per heavy atom. The summed E-state index contributed by atoms with van der Waals surface area (Å²) in [6.07, 6.45) is 4.89. The molecule has 21 heavy (non-hydrogen) atoms. The number of carbonyl (C=O) groups is 1. The Morgan fingerprint density at radius 2 is 2.14 bits per heavy atom. The number of carbonyl (C=O) groups excluding carboxylic acids is 1. The molecule has 0 aliphatic carbocycles. The van der Waals surface area contributed by atoms with Crippen molar-refractivity contribution in [2.75, 3.05) is 6.61 Å². The minimum atomic E-state index is -0.555. The lowest BCUT2D eigenvalue weighted by Crippen LogP contribution is -2.50. The predicted octanol–water partition coefficient (Wildman–Crippen LogP) is 2.00. The van der Waals surface area contributed by atoms with Crippen molar-refractivity contribution in [3.8, 4) is 0 Å². The molecule has 1 fully saturated rings. The molecular weight excluding hydrogens is 270 g/mol. The van der Waals surface area contributed by atoms with Crippen molar-refractivity contribution in [3.05, 3.63) is 0 Å². The molecule has 0 aromatic heterocycles. The number of nitrogens with one attached hydrogen (secondary N) is 1. The van der Waals surface area contributed by atoms with Crippen LogP contribution in [0.25, 0.3) is 0 Å². The molecule has 1 rings (SSSR count). The molecule has 0 bridgehead atoms. The molecule has 0 saturated carbocycles. The highest BCUT2D eigenvalue weighted by Gasteiger charge is 2.36. The molecule has 1 aliphatic rings. The molecule has 122 valence electrons. The lowest BCUT2D eigenvalue weighted by molar-refractivity contribution is -0.128. The first-order valence-electron chi connectivity index (χ1n) is 7.93. The summed E-state index contributed by atoms with van der Waals surface area (Å²) in [6.45, 7) is 6.86. The number of rotatable bonds is 7. The normalized spacial score (nSPS) is 23.6. The van der Waals surface area contributed by atoms with E-state index in [-0.39, 0.29) is 23.4 Å². The topological polar surface area (TPSA) is 96.9 Å². The number of nitrogens with two attached hydrogens (primary N) is 1. The summed E-state index contributed by atoms with van der Waals surface area (Å²) in [5.41, 5.74) is 5.50. The van der Waals surface area contributed by atoms with E-state index in [1.54, 1.807) is 0 Å². The standard InChI is InChI=1S/C15H29N3O3/c1-4-7-12(13(16)18-20)14(19)17-11-8-9-21-15(5-2,6-3)10-11/h11-12,20H,4-10H2,1-3H3,(H2,16,18)(H,17,19). The Hall–Kier alpha value is -1.30. The fourth-order valence-corrected chi connectivity index (χ4v) is 2.97. The molecule has 6 heteroatoms. The Labute approximate surface area is 127 Å². The number of amidine groups is 1. The van der Waals surface area contributed by atoms with Crippen LogP contribution >= 0.6 is 0 Å². The molecule has 0 aromatic carbocycles. The monoisotopic (exact) mass is 299 g/mol. The fraction of sp³-hybridized carbons (Fsp3) is 0.867. The lowest BCUT2D eigenvalue weighted by Gasteiger charge is -2.40. The van der Waals surface area contributed by atoms with E-state index in [0.717, 1.165) is 32.1 Å². The van der Waals surface area contributed by atoms with Gasteiger partial charge >= 0.3 is 0 Å². The van der Waals surface area contributed by atoms with Crippen molar-refractivity contribution in [1.82, 2.24) is 5.32 Å². The van der Waals surface area contributed by atoms with Crippen molar-refractivity contribution in [3.63, 3.8) is 0 Å². The Morgan fingerprint density at radius 1 is 1.48 bits per heavy atom. The second-order valence-electron chi connectivity index (χ2n) is 5.80. The van der Waals surface area contributed by atoms with Crippen molar-refractivity contribution in [2.45, 2.75) is 70.9 Å². The molecule has 2 unspecified atom stereocenters. The lowest BCUT2D eigenvalue weighted by atomic mass is 9.85. The number of ether oxygens (including phenoxy) is 1. The number of hydrogen-bond acceptors (Lipinski definition) is 4. The van der Waals surface area contributed by atoms with Crippen LogP contribution in [-0.4, -0.2) is 35.2 Å². The van der Waals surface area contributed by atoms with Crippen molar-refractivity contribution >= 4 is 11.7 Å². The first-order valence-corrected chi connectivity index (χ1v) is 7.93. The molecule has 0 spiro atoms. The maximum absolute atomic E-state index is 12.4. The average Bonchev–Trinajstić information content (AvgIpc) is 2.51. The van der Waals surface area contributed by atoms with E-state index >= 15 is 0 Å². The SMILES string of the molecule is CCCC(C(=O)NC1CCOC(CC)(CC)C1)C(N)=NO. The molecule has 1 amide bonds. The molecule has 0 aromatic rings. The van der Waals surface area contributed by atoms with Crippen LogP contribution in [-0.2, 0) is 9.53 Å². The highest BCUT2D eigenvalue weighted by Crippen LogP contribution is 2.31. The number of nitrogens with zero attached hydrogens (tertiary/aromatic N) is 1. The Bertz CT molecular complexity index is 367. The smallest absolute Gasteiger partial charge is 0.231 e. The molecule has 1 aliphatic heterocycles. The summed E-state index contributed by atoms with van der Waals surface area (Å²) in [7, 11) is 0. The zero-order valence-corrected chi connectivity index (χ0v) is 13.4. The average molecular weight is 299 g/mol. The maximum atomic E-state index is 12.4. The first-order chi connectivity index (χ1) is 10.0. The zero-order valence-electron chi connectivity index (χ0n) is 13.4. The van der Waals surface area contributed by atoms with Crippen LogP contribution < -0.4 is 11.1 Å². The molecule has 2 atom stereocenters. The van der Waals surface area contributed by atoms with Crippen LogP contribution in [0.4, 0.5) is 0 Å². The fourth-order valence-electron chi connectivity index (χ4n) is 2.97. The first kappa shape index (κ1) is 17.8. The van der Waals surface area contributed by atoms with Crippen molar-refractivity contribution < 1.29 is 14.7 Å². The van der Waals surface area contributed by atoms with E-state index in [4.69, 9.17) is 15.7 Å². The van der Waals surface area contributed by atoms with Gasteiger partial charge in [0, 0.05) is 12.6 Å². The Balaban J connectivity index is 2.68. The minimum Gasteiger partial charge on any atom is -0.409 e. The third kappa shape index (κ3) is 4.59. The van der Waals surface area contributed by atoms with E-state index < -0.39 is 5.92 Å². The van der Waals surface area contributed by atoms with Gasteiger partial charge in [-0.3, -0.25) is 4.79 Å². The van der Waals surface area contributed by atoms with Gasteiger partial charge < -0.3 is 21.0 Å². The minimum absolute atomic E-state index is 0.0151. The number of oxime groups is 1. The summed E-state index contributed by atoms with van der Waals surface area (Å²) >= 11 is 0. The van der Waals surface area contributed by atoms with Gasteiger partial charge in [-0.25, -0.2) is 0 Å². The Kier molecular flexibility index (Phi) is 6.95. The van der Waals surface area contributed by atoms with Crippen LogP contribution in [0.5, 0.6) is 0 Å². The van der Waals surface area contributed by atoms with Crippen molar-refractivity contribution in [2.24, 2.45) is 16.8 Å². The van der Waals surface area contributed by atoms with Crippen molar-refractivity contribution in [1.29, 1.82) is 0 Å². The van der Waals surface area contributed by atoms with Crippen LogP contribution in [0.3, 0.4) is 0 Å². The molecule has 1 saturated heterocycles. The molecule has 4 N–H and O–H groups in total. The van der Waals surface area contributed by atoms with Gasteiger partial charge in [-0.15, -0.1) is 0 Å². The van der Waals surface area contributed by atoms with Gasteiger partial charge in [0.2, 0.25) is 5.91 Å². The molecular formula is C15H29N3O3. The summed E-state index contributed by atoms with van der Waals surface area (Å²) in [4.78, 5) is 12.4. The van der Waals surface area contributed by atoms with Gasteiger partial charge in [-0.1, -0.05) is 32.3 Å². The largest absolute Gasteiger partial charge is 0.409 e. The maximum Gasteiger partial charge on any atom is 0.231 e. The summed E-state index contributed by atoms with van der Waals surface area (Å²) in [5, 5.41) is 14.9. The van der Waals surface area contributed by atoms with Crippen LogP contribution in [0, 0.1) is 5.92 Å². The van der Waals surface area contributed by atoms with Crippen LogP contribution in [0.2, 0.25) is 0 Å². The van der Waals surface area contributed by atoms with E-state index in [1.165, 1.54) is 0 Å². The second-order valence-corrected chi connectivity index (χ2v) is 5.80. The quantitative estimate of drug-likeness (QED) is 0.290. The van der Waals surface area contributed by atoms with Gasteiger partial charge in [-0.05, 0) is 32.1 Å². The van der Waals surface area contributed by atoms with Gasteiger partial charge in [0.15, 0.2) is 5.84 Å². The van der Waals surface area contributed by atoms with E-state index in [2.05, 4.69) is 24.3 Å². The predicted molar refractivity (Wildman–Crippen MR) is 82.2 cm³/mol. The number of amides is 1.